The number of hydrogen-bond acceptors (Lipinski definition) is 1. The Kier molecular flexibility index (Phi) is 3.40. The Morgan fingerprint density at radius 1 is 1.35 bits per heavy atom. The second-order valence-corrected chi connectivity index (χ2v) is 5.92. The van der Waals surface area contributed by atoms with Gasteiger partial charge in [-0.15, -0.1) is 11.6 Å². The molecule has 1 fully saturated rings. The van der Waals surface area contributed by atoms with E-state index in [2.05, 4.69) is 45.9 Å². The maximum atomic E-state index is 6.32. The van der Waals surface area contributed by atoms with Gasteiger partial charge in [-0.1, -0.05) is 32.0 Å². The Bertz CT molecular complexity index is 395. The highest BCUT2D eigenvalue weighted by molar-refractivity contribution is 6.21. The highest BCUT2D eigenvalue weighted by atomic mass is 35.5. The van der Waals surface area contributed by atoms with Gasteiger partial charge < -0.3 is 4.74 Å². The molecule has 0 bridgehead atoms. The molecule has 1 aliphatic rings. The van der Waals surface area contributed by atoms with E-state index in [1.54, 1.807) is 0 Å². The van der Waals surface area contributed by atoms with Crippen LogP contribution in [0.25, 0.3) is 0 Å². The van der Waals surface area contributed by atoms with E-state index in [-0.39, 0.29) is 16.9 Å². The van der Waals surface area contributed by atoms with Crippen molar-refractivity contribution in [1.29, 1.82) is 0 Å². The van der Waals surface area contributed by atoms with Gasteiger partial charge in [-0.3, -0.25) is 0 Å². The van der Waals surface area contributed by atoms with E-state index in [1.165, 1.54) is 11.1 Å². The summed E-state index contributed by atoms with van der Waals surface area (Å²) >= 11 is 6.32. The quantitative estimate of drug-likeness (QED) is 0.721. The van der Waals surface area contributed by atoms with Crippen molar-refractivity contribution < 1.29 is 4.74 Å². The number of aryl methyl sites for hydroxylation is 2. The first-order chi connectivity index (χ1) is 7.99. The highest BCUT2D eigenvalue weighted by Gasteiger charge is 2.51. The van der Waals surface area contributed by atoms with Gasteiger partial charge in [0.05, 0.1) is 0 Å². The van der Waals surface area contributed by atoms with E-state index < -0.39 is 0 Å². The average molecular weight is 253 g/mol. The van der Waals surface area contributed by atoms with E-state index in [1.807, 2.05) is 0 Å². The molecule has 1 aromatic carbocycles. The molecule has 1 nitrogen and oxygen atoms in total. The molecule has 17 heavy (non-hydrogen) atoms. The minimum Gasteiger partial charge on any atom is -0.489 e. The Labute approximate surface area is 109 Å². The number of halogens is 1. The molecule has 2 rings (SSSR count). The zero-order valence-electron chi connectivity index (χ0n) is 11.1. The molecule has 0 aliphatic heterocycles. The summed E-state index contributed by atoms with van der Waals surface area (Å²) in [6.07, 6.45) is 2.28. The van der Waals surface area contributed by atoms with Gasteiger partial charge in [-0.25, -0.2) is 0 Å². The standard InChI is InChI=1S/C15H21ClO/c1-5-15(4)12(16)9-13(15)17-14-10(2)7-6-8-11(14)3/h6-8,12-13H,5,9H2,1-4H3. The minimum absolute atomic E-state index is 0.121. The summed E-state index contributed by atoms with van der Waals surface area (Å²) in [5.74, 6) is 1.04. The van der Waals surface area contributed by atoms with E-state index in [4.69, 9.17) is 16.3 Å². The summed E-state index contributed by atoms with van der Waals surface area (Å²) in [7, 11) is 0. The average Bonchev–Trinajstić information content (AvgIpc) is 2.31. The number of benzene rings is 1. The predicted molar refractivity (Wildman–Crippen MR) is 73.0 cm³/mol. The molecular weight excluding hydrogens is 232 g/mol. The summed E-state index contributed by atoms with van der Waals surface area (Å²) < 4.78 is 6.20. The summed E-state index contributed by atoms with van der Waals surface area (Å²) in [4.78, 5) is 0. The lowest BCUT2D eigenvalue weighted by molar-refractivity contribution is -0.0302. The van der Waals surface area contributed by atoms with Crippen molar-refractivity contribution in [3.63, 3.8) is 0 Å². The maximum absolute atomic E-state index is 6.32. The fourth-order valence-corrected chi connectivity index (χ4v) is 2.98. The molecule has 2 heteroatoms. The Morgan fingerprint density at radius 3 is 2.41 bits per heavy atom. The smallest absolute Gasteiger partial charge is 0.125 e. The molecule has 1 aromatic rings. The van der Waals surface area contributed by atoms with Gasteiger partial charge in [0, 0.05) is 17.2 Å². The third-order valence-corrected chi connectivity index (χ3v) is 4.98. The predicted octanol–water partition coefficient (Wildman–Crippen LogP) is 4.48. The molecule has 3 atom stereocenters. The van der Waals surface area contributed by atoms with Crippen LogP contribution in [0.5, 0.6) is 5.75 Å². The third kappa shape index (κ3) is 2.06. The van der Waals surface area contributed by atoms with Crippen molar-refractivity contribution in [3.8, 4) is 5.75 Å². The largest absolute Gasteiger partial charge is 0.489 e. The molecule has 0 radical (unpaired) electrons. The van der Waals surface area contributed by atoms with Crippen LogP contribution in [-0.2, 0) is 0 Å². The van der Waals surface area contributed by atoms with Crippen LogP contribution in [0.3, 0.4) is 0 Å². The first-order valence-electron chi connectivity index (χ1n) is 6.36. The lowest BCUT2D eigenvalue weighted by Crippen LogP contribution is -2.55. The first kappa shape index (κ1) is 12.8. The van der Waals surface area contributed by atoms with Gasteiger partial charge in [-0.2, -0.15) is 0 Å². The van der Waals surface area contributed by atoms with Crippen molar-refractivity contribution in [2.75, 3.05) is 0 Å². The maximum Gasteiger partial charge on any atom is 0.125 e. The second-order valence-electron chi connectivity index (χ2n) is 5.39. The van der Waals surface area contributed by atoms with Crippen molar-refractivity contribution >= 4 is 11.6 Å². The van der Waals surface area contributed by atoms with E-state index in [0.717, 1.165) is 18.6 Å². The van der Waals surface area contributed by atoms with Crippen LogP contribution in [-0.4, -0.2) is 11.5 Å². The summed E-state index contributed by atoms with van der Waals surface area (Å²) in [6, 6.07) is 6.27. The fraction of sp³-hybridized carbons (Fsp3) is 0.600. The molecule has 0 heterocycles. The molecule has 0 aromatic heterocycles. The molecule has 0 N–H and O–H groups in total. The van der Waals surface area contributed by atoms with Crippen LogP contribution in [0.2, 0.25) is 0 Å². The normalized spacial score (nSPS) is 32.1. The van der Waals surface area contributed by atoms with E-state index in [9.17, 15) is 0 Å². The van der Waals surface area contributed by atoms with Crippen molar-refractivity contribution in [2.24, 2.45) is 5.41 Å². The Morgan fingerprint density at radius 2 is 1.94 bits per heavy atom. The van der Waals surface area contributed by atoms with Crippen LogP contribution in [0.4, 0.5) is 0 Å². The van der Waals surface area contributed by atoms with Gasteiger partial charge in [0.15, 0.2) is 0 Å². The van der Waals surface area contributed by atoms with Crippen LogP contribution < -0.4 is 4.74 Å². The SMILES string of the molecule is CCC1(C)C(Cl)CC1Oc1c(C)cccc1C. The van der Waals surface area contributed by atoms with Crippen molar-refractivity contribution in [3.05, 3.63) is 29.3 Å². The molecule has 1 aliphatic carbocycles. The monoisotopic (exact) mass is 252 g/mol. The highest BCUT2D eigenvalue weighted by Crippen LogP contribution is 2.49. The number of para-hydroxylation sites is 1. The van der Waals surface area contributed by atoms with Crippen molar-refractivity contribution in [1.82, 2.24) is 0 Å². The molecule has 0 amide bonds. The van der Waals surface area contributed by atoms with E-state index in [0.29, 0.717) is 0 Å². The Balaban J connectivity index is 2.18. The topological polar surface area (TPSA) is 9.23 Å². The number of rotatable bonds is 3. The number of alkyl halides is 1. The Hall–Kier alpha value is -0.690. The molecule has 0 spiro atoms. The molecule has 3 unspecified atom stereocenters. The lowest BCUT2D eigenvalue weighted by atomic mass is 9.65. The third-order valence-electron chi connectivity index (χ3n) is 4.30. The van der Waals surface area contributed by atoms with Gasteiger partial charge in [0.2, 0.25) is 0 Å². The molecule has 0 saturated heterocycles. The summed E-state index contributed by atoms with van der Waals surface area (Å²) in [6.45, 7) is 8.62. The van der Waals surface area contributed by atoms with Gasteiger partial charge >= 0.3 is 0 Å². The lowest BCUT2D eigenvalue weighted by Gasteiger charge is -2.50. The summed E-state index contributed by atoms with van der Waals surface area (Å²) in [5, 5.41) is 0.252. The molecule has 1 saturated carbocycles. The molecular formula is C15H21ClO. The van der Waals surface area contributed by atoms with Gasteiger partial charge in [0.25, 0.3) is 0 Å². The number of hydrogen-bond donors (Lipinski definition) is 0. The molecule has 94 valence electrons. The van der Waals surface area contributed by atoms with Gasteiger partial charge in [-0.05, 0) is 31.4 Å². The van der Waals surface area contributed by atoms with Crippen LogP contribution >= 0.6 is 11.6 Å². The van der Waals surface area contributed by atoms with Crippen LogP contribution in [0.1, 0.15) is 37.8 Å². The fourth-order valence-electron chi connectivity index (χ4n) is 2.53. The summed E-state index contributed by atoms with van der Waals surface area (Å²) in [5.41, 5.74) is 2.54. The van der Waals surface area contributed by atoms with Crippen LogP contribution in [0, 0.1) is 19.3 Å². The van der Waals surface area contributed by atoms with Crippen molar-refractivity contribution in [2.45, 2.75) is 52.0 Å². The minimum atomic E-state index is 0.121. The number of ether oxygens (including phenoxy) is 1. The van der Waals surface area contributed by atoms with Crippen LogP contribution in [0.15, 0.2) is 18.2 Å². The first-order valence-corrected chi connectivity index (χ1v) is 6.79. The zero-order valence-corrected chi connectivity index (χ0v) is 11.8. The van der Waals surface area contributed by atoms with E-state index >= 15 is 0 Å². The van der Waals surface area contributed by atoms with Gasteiger partial charge in [0.1, 0.15) is 11.9 Å². The second kappa shape index (κ2) is 4.53. The zero-order chi connectivity index (χ0) is 12.6.